The molecule has 13 aromatic carbocycles. The molecule has 388 valence electrons. The van der Waals surface area contributed by atoms with Crippen molar-refractivity contribution in [3.63, 3.8) is 0 Å². The highest BCUT2D eigenvalue weighted by molar-refractivity contribution is 5.98. The third-order valence-electron chi connectivity index (χ3n) is 18.0. The summed E-state index contributed by atoms with van der Waals surface area (Å²) < 4.78 is 13.4. The molecule has 3 nitrogen and oxygen atoms in total. The van der Waals surface area contributed by atoms with Crippen molar-refractivity contribution in [2.24, 2.45) is 0 Å². The molecular weight excluding hydrogens is 1010 g/mol. The van der Waals surface area contributed by atoms with Crippen LogP contribution in [0.1, 0.15) is 44.5 Å². The van der Waals surface area contributed by atoms with Crippen molar-refractivity contribution in [3.05, 3.63) is 354 Å². The van der Waals surface area contributed by atoms with Crippen LogP contribution in [0.15, 0.2) is 309 Å². The smallest absolute Gasteiger partial charge is 0.132 e. The molecule has 2 aliphatic carbocycles. The van der Waals surface area contributed by atoms with E-state index in [0.717, 1.165) is 95.7 Å². The molecule has 2 spiro atoms. The standard InChI is InChI=1S/C80H51NO2/c1-2-21-52(22-3-1)53-41-43-54(44-42-53)59-25-6-14-35-73(59)81(58-24-20-23-55(49-58)56-45-47-67-63(50-56)61-27-4-8-29-65(61)79(67)69-31-10-16-37-75(69)82-76-38-17-11-32-70(76)79)74-36-15-7-26-60(74)57-46-48-68-64(51-57)62-28-5-9-30-66(62)80(68)71-33-12-18-39-77(71)83-78-40-19-13-34-72(78)80/h1-51H. The molecule has 0 unspecified atom stereocenters. The summed E-state index contributed by atoms with van der Waals surface area (Å²) in [6, 6.07) is 113. The molecule has 83 heavy (non-hydrogen) atoms. The van der Waals surface area contributed by atoms with Gasteiger partial charge in [-0.15, -0.1) is 0 Å². The Bertz CT molecular complexity index is 4670. The number of hydrogen-bond acceptors (Lipinski definition) is 3. The first-order valence-electron chi connectivity index (χ1n) is 28.6. The molecule has 0 N–H and O–H groups in total. The Labute approximate surface area is 483 Å². The Morgan fingerprint density at radius 3 is 1.06 bits per heavy atom. The minimum atomic E-state index is -0.559. The average Bonchev–Trinajstić information content (AvgIpc) is 1.80. The van der Waals surface area contributed by atoms with E-state index in [1.807, 2.05) is 0 Å². The number of fused-ring (bicyclic) bond motifs is 18. The van der Waals surface area contributed by atoms with Crippen LogP contribution in [0.2, 0.25) is 0 Å². The number of hydrogen-bond donors (Lipinski definition) is 0. The molecule has 0 fully saturated rings. The molecule has 0 radical (unpaired) electrons. The van der Waals surface area contributed by atoms with E-state index in [0.29, 0.717) is 0 Å². The minimum Gasteiger partial charge on any atom is -0.457 e. The zero-order valence-electron chi connectivity index (χ0n) is 45.2. The van der Waals surface area contributed by atoms with Gasteiger partial charge in [-0.3, -0.25) is 0 Å². The zero-order valence-corrected chi connectivity index (χ0v) is 45.2. The van der Waals surface area contributed by atoms with Gasteiger partial charge in [-0.25, -0.2) is 0 Å². The van der Waals surface area contributed by atoms with Crippen LogP contribution in [0.4, 0.5) is 17.1 Å². The lowest BCUT2D eigenvalue weighted by Crippen LogP contribution is -2.32. The second-order valence-electron chi connectivity index (χ2n) is 22.2. The van der Waals surface area contributed by atoms with Crippen LogP contribution in [0.25, 0.3) is 66.8 Å². The molecule has 3 heteroatoms. The van der Waals surface area contributed by atoms with Crippen LogP contribution in [0.5, 0.6) is 23.0 Å². The SMILES string of the molecule is c1ccc(-c2ccc(-c3ccccc3N(c3cccc(-c4ccc5c(c4)-c4ccccc4C54c5ccccc5Oc5ccccc54)c3)c3ccccc3-c3ccc4c(c3)-c3ccccc3C43c4ccccc4Oc4ccccc43)cc2)cc1. The van der Waals surface area contributed by atoms with Gasteiger partial charge in [0.1, 0.15) is 23.0 Å². The predicted octanol–water partition coefficient (Wildman–Crippen LogP) is 20.8. The summed E-state index contributed by atoms with van der Waals surface area (Å²) in [5.74, 6) is 3.56. The third-order valence-corrected chi connectivity index (χ3v) is 18.0. The molecule has 0 aromatic heterocycles. The summed E-state index contributed by atoms with van der Waals surface area (Å²) in [6.45, 7) is 0. The van der Waals surface area contributed by atoms with E-state index < -0.39 is 10.8 Å². The van der Waals surface area contributed by atoms with E-state index in [-0.39, 0.29) is 0 Å². The normalized spacial score (nSPS) is 13.7. The van der Waals surface area contributed by atoms with E-state index in [1.54, 1.807) is 0 Å². The molecule has 17 rings (SSSR count). The van der Waals surface area contributed by atoms with Crippen molar-refractivity contribution in [1.82, 2.24) is 0 Å². The van der Waals surface area contributed by atoms with E-state index in [9.17, 15) is 0 Å². The third kappa shape index (κ3) is 6.86. The van der Waals surface area contributed by atoms with Crippen LogP contribution >= 0.6 is 0 Å². The quantitative estimate of drug-likeness (QED) is 0.159. The van der Waals surface area contributed by atoms with Gasteiger partial charge >= 0.3 is 0 Å². The van der Waals surface area contributed by atoms with E-state index >= 15 is 0 Å². The molecule has 0 amide bonds. The molecule has 0 atom stereocenters. The summed E-state index contributed by atoms with van der Waals surface area (Å²) >= 11 is 0. The van der Waals surface area contributed by atoms with Gasteiger partial charge in [0, 0.05) is 39.1 Å². The number of nitrogens with zero attached hydrogens (tertiary/aromatic N) is 1. The predicted molar refractivity (Wildman–Crippen MR) is 338 cm³/mol. The van der Waals surface area contributed by atoms with Crippen LogP contribution in [0.3, 0.4) is 0 Å². The fourth-order valence-corrected chi connectivity index (χ4v) is 14.6. The number of ether oxygens (including phenoxy) is 2. The lowest BCUT2D eigenvalue weighted by atomic mass is 9.66. The maximum absolute atomic E-state index is 6.69. The maximum atomic E-state index is 6.69. The van der Waals surface area contributed by atoms with Gasteiger partial charge in [0.2, 0.25) is 0 Å². The Balaban J connectivity index is 0.848. The molecule has 0 bridgehead atoms. The number of anilines is 3. The zero-order chi connectivity index (χ0) is 54.6. The highest BCUT2D eigenvalue weighted by Gasteiger charge is 2.52. The van der Waals surface area contributed by atoms with Crippen molar-refractivity contribution in [2.75, 3.05) is 4.90 Å². The molecule has 0 saturated carbocycles. The Hall–Kier alpha value is -10.7. The molecule has 2 aliphatic heterocycles. The molecule has 13 aromatic rings. The highest BCUT2D eigenvalue weighted by Crippen LogP contribution is 2.64. The van der Waals surface area contributed by atoms with Crippen molar-refractivity contribution >= 4 is 17.1 Å². The lowest BCUT2D eigenvalue weighted by molar-refractivity contribution is 0.436. The minimum absolute atomic E-state index is 0.540. The summed E-state index contributed by atoms with van der Waals surface area (Å²) in [7, 11) is 0. The molecule has 0 saturated heterocycles. The first kappa shape index (κ1) is 47.1. The van der Waals surface area contributed by atoms with Gasteiger partial charge in [-0.05, 0) is 139 Å². The summed E-state index contributed by atoms with van der Waals surface area (Å²) in [6.07, 6.45) is 0. The van der Waals surface area contributed by atoms with Crippen molar-refractivity contribution < 1.29 is 9.47 Å². The average molecular weight is 1060 g/mol. The fraction of sp³-hybridized carbons (Fsp3) is 0.0250. The lowest BCUT2D eigenvalue weighted by Gasteiger charge is -2.39. The highest BCUT2D eigenvalue weighted by atomic mass is 16.5. The number of benzene rings is 13. The van der Waals surface area contributed by atoms with Crippen molar-refractivity contribution in [3.8, 4) is 89.8 Å². The van der Waals surface area contributed by atoms with Crippen molar-refractivity contribution in [2.45, 2.75) is 10.8 Å². The van der Waals surface area contributed by atoms with E-state index in [4.69, 9.17) is 9.47 Å². The van der Waals surface area contributed by atoms with Gasteiger partial charge in [-0.2, -0.15) is 0 Å². The van der Waals surface area contributed by atoms with Gasteiger partial charge in [-0.1, -0.05) is 249 Å². The van der Waals surface area contributed by atoms with Crippen LogP contribution < -0.4 is 14.4 Å². The maximum Gasteiger partial charge on any atom is 0.132 e. The monoisotopic (exact) mass is 1060 g/mol. The van der Waals surface area contributed by atoms with Crippen LogP contribution in [-0.4, -0.2) is 0 Å². The topological polar surface area (TPSA) is 21.7 Å². The van der Waals surface area contributed by atoms with E-state index in [1.165, 1.54) is 55.6 Å². The van der Waals surface area contributed by atoms with Gasteiger partial charge < -0.3 is 14.4 Å². The largest absolute Gasteiger partial charge is 0.457 e. The second-order valence-corrected chi connectivity index (χ2v) is 22.2. The summed E-state index contributed by atoms with van der Waals surface area (Å²) in [5.41, 5.74) is 25.9. The number of rotatable bonds is 7. The molecular formula is C80H51NO2. The van der Waals surface area contributed by atoms with Crippen LogP contribution in [-0.2, 0) is 10.8 Å². The van der Waals surface area contributed by atoms with Gasteiger partial charge in [0.15, 0.2) is 0 Å². The molecule has 4 aliphatic rings. The number of para-hydroxylation sites is 6. The second kappa shape index (κ2) is 18.4. The first-order valence-corrected chi connectivity index (χ1v) is 28.6. The first-order chi connectivity index (χ1) is 41.2. The Morgan fingerprint density at radius 1 is 0.205 bits per heavy atom. The summed E-state index contributed by atoms with van der Waals surface area (Å²) in [5, 5.41) is 0. The Morgan fingerprint density at radius 2 is 0.542 bits per heavy atom. The van der Waals surface area contributed by atoms with Gasteiger partial charge in [0.25, 0.3) is 0 Å². The van der Waals surface area contributed by atoms with Crippen LogP contribution in [0, 0.1) is 0 Å². The van der Waals surface area contributed by atoms with Gasteiger partial charge in [0.05, 0.1) is 22.2 Å². The molecule has 2 heterocycles. The summed E-state index contributed by atoms with van der Waals surface area (Å²) in [4.78, 5) is 2.49. The van der Waals surface area contributed by atoms with E-state index in [2.05, 4.69) is 314 Å². The Kier molecular flexibility index (Phi) is 10.4. The van der Waals surface area contributed by atoms with Crippen molar-refractivity contribution in [1.29, 1.82) is 0 Å². The fourth-order valence-electron chi connectivity index (χ4n) is 14.6.